The Kier molecular flexibility index (Phi) is 6.38. The van der Waals surface area contributed by atoms with Gasteiger partial charge in [-0.15, -0.1) is 0 Å². The minimum atomic E-state index is -0.881. The topological polar surface area (TPSA) is 67.4 Å². The van der Waals surface area contributed by atoms with Crippen LogP contribution in [0.2, 0.25) is 0 Å². The lowest BCUT2D eigenvalue weighted by molar-refractivity contribution is -0.116. The third-order valence-corrected chi connectivity index (χ3v) is 6.39. The summed E-state index contributed by atoms with van der Waals surface area (Å²) < 4.78 is 34.6. The van der Waals surface area contributed by atoms with Crippen LogP contribution in [0.4, 0.5) is 14.5 Å². The van der Waals surface area contributed by atoms with Gasteiger partial charge in [0.2, 0.25) is 0 Å². The number of carbonyl (C=O) groups is 2. The van der Waals surface area contributed by atoms with Crippen molar-refractivity contribution >= 4 is 17.4 Å². The number of benzene rings is 3. The number of rotatable bonds is 5. The predicted octanol–water partition coefficient (Wildman–Crippen LogP) is 6.36. The van der Waals surface area contributed by atoms with E-state index in [4.69, 9.17) is 4.74 Å². The molecule has 3 aromatic rings. The molecule has 5 nitrogen and oxygen atoms in total. The van der Waals surface area contributed by atoms with E-state index in [-0.39, 0.29) is 11.4 Å². The van der Waals surface area contributed by atoms with Crippen molar-refractivity contribution in [2.24, 2.45) is 0 Å². The number of halogens is 2. The van der Waals surface area contributed by atoms with Crippen molar-refractivity contribution in [1.29, 1.82) is 0 Å². The van der Waals surface area contributed by atoms with E-state index in [9.17, 15) is 18.4 Å². The van der Waals surface area contributed by atoms with Crippen molar-refractivity contribution in [3.63, 3.8) is 0 Å². The zero-order valence-corrected chi connectivity index (χ0v) is 19.6. The molecule has 0 unspecified atom stereocenters. The Bertz CT molecular complexity index is 1390. The standard InChI is InChI=1S/C29H24F2N2O3/c1-17-25(29(35)33-28-21(30)12-6-13-22(28)31)26(27-23(32-17)14-7-15-24(27)34)18-8-5-11-20(16-18)36-19-9-3-2-4-10-19/h2-6,8-13,16,26,32H,7,14-15H2,1H3,(H,33,35)/t26-/m0/s1. The van der Waals surface area contributed by atoms with Crippen LogP contribution in [0.3, 0.4) is 0 Å². The van der Waals surface area contributed by atoms with Gasteiger partial charge in [0.1, 0.15) is 28.8 Å². The molecule has 0 bridgehead atoms. The second-order valence-corrected chi connectivity index (χ2v) is 8.80. The fourth-order valence-electron chi connectivity index (χ4n) is 4.80. The number of ether oxygens (including phenoxy) is 1. The number of allylic oxidation sites excluding steroid dienone is 3. The first-order valence-electron chi connectivity index (χ1n) is 11.7. The van der Waals surface area contributed by atoms with E-state index < -0.39 is 29.1 Å². The Labute approximate surface area is 207 Å². The van der Waals surface area contributed by atoms with Gasteiger partial charge >= 0.3 is 0 Å². The van der Waals surface area contributed by atoms with Gasteiger partial charge < -0.3 is 15.4 Å². The molecule has 1 amide bonds. The van der Waals surface area contributed by atoms with Gasteiger partial charge in [0, 0.05) is 34.9 Å². The molecule has 0 fully saturated rings. The van der Waals surface area contributed by atoms with Gasteiger partial charge in [-0.1, -0.05) is 36.4 Å². The molecule has 0 saturated carbocycles. The molecule has 36 heavy (non-hydrogen) atoms. The fourth-order valence-corrected chi connectivity index (χ4v) is 4.80. The van der Waals surface area contributed by atoms with E-state index in [0.29, 0.717) is 47.6 Å². The Balaban J connectivity index is 1.57. The van der Waals surface area contributed by atoms with Crippen LogP contribution in [0.25, 0.3) is 0 Å². The van der Waals surface area contributed by atoms with Gasteiger partial charge in [-0.2, -0.15) is 0 Å². The molecule has 182 valence electrons. The molecule has 0 radical (unpaired) electrons. The highest BCUT2D eigenvalue weighted by molar-refractivity contribution is 6.09. The Morgan fingerprint density at radius 3 is 2.39 bits per heavy atom. The van der Waals surface area contributed by atoms with Gasteiger partial charge in [-0.3, -0.25) is 9.59 Å². The molecule has 0 saturated heterocycles. The molecule has 1 heterocycles. The number of ketones is 1. The number of nitrogens with one attached hydrogen (secondary N) is 2. The average Bonchev–Trinajstić information content (AvgIpc) is 2.86. The lowest BCUT2D eigenvalue weighted by atomic mass is 9.75. The third kappa shape index (κ3) is 4.52. The van der Waals surface area contributed by atoms with Crippen LogP contribution in [0.5, 0.6) is 11.5 Å². The summed E-state index contributed by atoms with van der Waals surface area (Å²) in [5, 5.41) is 5.60. The maximum atomic E-state index is 14.3. The largest absolute Gasteiger partial charge is 0.457 e. The minimum absolute atomic E-state index is 0.0574. The summed E-state index contributed by atoms with van der Waals surface area (Å²) in [4.78, 5) is 26.6. The second-order valence-electron chi connectivity index (χ2n) is 8.80. The molecule has 3 aromatic carbocycles. The van der Waals surface area contributed by atoms with Crippen LogP contribution in [-0.2, 0) is 9.59 Å². The summed E-state index contributed by atoms with van der Waals surface area (Å²) in [5.41, 5.74) is 2.17. The molecule has 2 aliphatic rings. The Morgan fingerprint density at radius 2 is 1.64 bits per heavy atom. The number of hydrogen-bond acceptors (Lipinski definition) is 4. The lowest BCUT2D eigenvalue weighted by Crippen LogP contribution is -2.35. The molecular weight excluding hydrogens is 462 g/mol. The summed E-state index contributed by atoms with van der Waals surface area (Å²) in [6.45, 7) is 1.73. The molecule has 0 spiro atoms. The normalized spacial score (nSPS) is 17.4. The van der Waals surface area contributed by atoms with Crippen molar-refractivity contribution in [3.05, 3.63) is 113 Å². The highest BCUT2D eigenvalue weighted by Gasteiger charge is 2.39. The van der Waals surface area contributed by atoms with Crippen LogP contribution in [0, 0.1) is 11.6 Å². The minimum Gasteiger partial charge on any atom is -0.457 e. The van der Waals surface area contributed by atoms with E-state index in [1.165, 1.54) is 6.07 Å². The fraction of sp³-hybridized carbons (Fsp3) is 0.172. The van der Waals surface area contributed by atoms with E-state index in [0.717, 1.165) is 17.8 Å². The van der Waals surface area contributed by atoms with Crippen LogP contribution in [0.15, 0.2) is 95.3 Å². The van der Waals surface area contributed by atoms with Crippen molar-refractivity contribution < 1.29 is 23.1 Å². The zero-order chi connectivity index (χ0) is 25.2. The zero-order valence-electron chi connectivity index (χ0n) is 19.6. The first-order valence-corrected chi connectivity index (χ1v) is 11.7. The summed E-state index contributed by atoms with van der Waals surface area (Å²) >= 11 is 0. The van der Waals surface area contributed by atoms with Crippen LogP contribution in [-0.4, -0.2) is 11.7 Å². The van der Waals surface area contributed by atoms with Crippen LogP contribution in [0.1, 0.15) is 37.7 Å². The molecule has 1 atom stereocenters. The van der Waals surface area contributed by atoms with Gasteiger partial charge in [0.25, 0.3) is 5.91 Å². The monoisotopic (exact) mass is 486 g/mol. The number of amides is 1. The first-order chi connectivity index (χ1) is 17.4. The van der Waals surface area contributed by atoms with Crippen molar-refractivity contribution in [2.45, 2.75) is 32.1 Å². The molecule has 1 aliphatic heterocycles. The van der Waals surface area contributed by atoms with Crippen LogP contribution >= 0.6 is 0 Å². The van der Waals surface area contributed by atoms with Crippen LogP contribution < -0.4 is 15.4 Å². The summed E-state index contributed by atoms with van der Waals surface area (Å²) in [6, 6.07) is 19.8. The summed E-state index contributed by atoms with van der Waals surface area (Å²) in [5.74, 6) is -2.04. The van der Waals surface area contributed by atoms with Gasteiger partial charge in [0.05, 0.1) is 0 Å². The van der Waals surface area contributed by atoms with Crippen molar-refractivity contribution in [3.8, 4) is 11.5 Å². The Morgan fingerprint density at radius 1 is 0.944 bits per heavy atom. The molecule has 1 aliphatic carbocycles. The lowest BCUT2D eigenvalue weighted by Gasteiger charge is -2.34. The third-order valence-electron chi connectivity index (χ3n) is 6.39. The number of anilines is 1. The average molecular weight is 487 g/mol. The molecule has 5 rings (SSSR count). The predicted molar refractivity (Wildman–Crippen MR) is 132 cm³/mol. The number of para-hydroxylation sites is 2. The first kappa shape index (κ1) is 23.5. The van der Waals surface area contributed by atoms with E-state index in [1.807, 2.05) is 36.4 Å². The molecule has 7 heteroatoms. The van der Waals surface area contributed by atoms with Gasteiger partial charge in [-0.25, -0.2) is 8.78 Å². The summed E-state index contributed by atoms with van der Waals surface area (Å²) in [7, 11) is 0. The summed E-state index contributed by atoms with van der Waals surface area (Å²) in [6.07, 6.45) is 1.75. The van der Waals surface area contributed by atoms with E-state index >= 15 is 0 Å². The number of hydrogen-bond donors (Lipinski definition) is 2. The molecule has 2 N–H and O–H groups in total. The molecular formula is C29H24F2N2O3. The maximum absolute atomic E-state index is 14.3. The smallest absolute Gasteiger partial charge is 0.254 e. The maximum Gasteiger partial charge on any atom is 0.254 e. The number of carbonyl (C=O) groups excluding carboxylic acids is 2. The van der Waals surface area contributed by atoms with Crippen molar-refractivity contribution in [2.75, 3.05) is 5.32 Å². The van der Waals surface area contributed by atoms with E-state index in [1.54, 1.807) is 25.1 Å². The van der Waals surface area contributed by atoms with E-state index in [2.05, 4.69) is 10.6 Å². The number of dihydropyridines is 1. The van der Waals surface area contributed by atoms with Crippen molar-refractivity contribution in [1.82, 2.24) is 5.32 Å². The molecule has 0 aromatic heterocycles. The highest BCUT2D eigenvalue weighted by Crippen LogP contribution is 2.43. The SMILES string of the molecule is CC1=C(C(=O)Nc2c(F)cccc2F)[C@H](c2cccc(Oc3ccccc3)c2)C2=C(CCCC2=O)N1. The Hall–Kier alpha value is -4.26. The van der Waals surface area contributed by atoms with Gasteiger partial charge in [-0.05, 0) is 61.7 Å². The highest BCUT2D eigenvalue weighted by atomic mass is 19.1. The van der Waals surface area contributed by atoms with Gasteiger partial charge in [0.15, 0.2) is 5.78 Å². The quantitative estimate of drug-likeness (QED) is 0.440. The number of Topliss-reactive ketones (excluding diaryl/α,β-unsaturated/α-hetero) is 1. The second kappa shape index (κ2) is 9.77.